The zero-order chi connectivity index (χ0) is 20.9. The highest BCUT2D eigenvalue weighted by atomic mass is 16.5. The lowest BCUT2D eigenvalue weighted by Gasteiger charge is -2.11. The molecule has 0 aliphatic carbocycles. The fourth-order valence-corrected chi connectivity index (χ4v) is 3.02. The number of para-hydroxylation sites is 1. The summed E-state index contributed by atoms with van der Waals surface area (Å²) in [5.74, 6) is 0.555. The van der Waals surface area contributed by atoms with Crippen molar-refractivity contribution in [2.75, 3.05) is 10.6 Å². The van der Waals surface area contributed by atoms with Crippen LogP contribution in [0.4, 0.5) is 16.2 Å². The van der Waals surface area contributed by atoms with Crippen molar-refractivity contribution in [1.82, 2.24) is 9.38 Å². The Balaban J connectivity index is 1.43. The number of urea groups is 1. The average Bonchev–Trinajstić information content (AvgIpc) is 2.74. The summed E-state index contributed by atoms with van der Waals surface area (Å²) in [6.07, 6.45) is 1.69. The standard InChI is InChI=1S/C23H20N4O3/c1-16-7-6-12-27-21(28)14-19(24-22(16)27)15-30-20-11-5-10-18(13-20)26-23(29)25-17-8-3-2-4-9-17/h2-14H,15H2,1H3,(H2,25,26,29). The minimum atomic E-state index is -0.349. The molecule has 4 aromatic rings. The van der Waals surface area contributed by atoms with E-state index < -0.39 is 0 Å². The van der Waals surface area contributed by atoms with Crippen molar-refractivity contribution in [3.8, 4) is 5.75 Å². The van der Waals surface area contributed by atoms with Crippen molar-refractivity contribution in [2.45, 2.75) is 13.5 Å². The molecule has 0 aliphatic heterocycles. The number of rotatable bonds is 5. The molecule has 30 heavy (non-hydrogen) atoms. The van der Waals surface area contributed by atoms with E-state index in [1.54, 1.807) is 42.6 Å². The number of carbonyl (C=O) groups is 1. The van der Waals surface area contributed by atoms with Crippen molar-refractivity contribution in [2.24, 2.45) is 0 Å². The van der Waals surface area contributed by atoms with Gasteiger partial charge < -0.3 is 15.4 Å². The first-order chi connectivity index (χ1) is 14.6. The maximum Gasteiger partial charge on any atom is 0.323 e. The van der Waals surface area contributed by atoms with Gasteiger partial charge in [0.15, 0.2) is 0 Å². The number of fused-ring (bicyclic) bond motifs is 1. The lowest BCUT2D eigenvalue weighted by molar-refractivity contribution is 0.262. The predicted molar refractivity (Wildman–Crippen MR) is 116 cm³/mol. The average molecular weight is 400 g/mol. The summed E-state index contributed by atoms with van der Waals surface area (Å²) in [6.45, 7) is 2.04. The maximum atomic E-state index is 12.3. The van der Waals surface area contributed by atoms with Gasteiger partial charge in [0.2, 0.25) is 0 Å². The lowest BCUT2D eigenvalue weighted by Crippen LogP contribution is -2.19. The smallest absolute Gasteiger partial charge is 0.323 e. The van der Waals surface area contributed by atoms with Crippen LogP contribution in [0.15, 0.2) is 83.8 Å². The van der Waals surface area contributed by atoms with E-state index in [0.29, 0.717) is 28.5 Å². The SMILES string of the molecule is Cc1cccn2c(=O)cc(COc3cccc(NC(=O)Nc4ccccc4)c3)nc12. The van der Waals surface area contributed by atoms with Crippen molar-refractivity contribution < 1.29 is 9.53 Å². The lowest BCUT2D eigenvalue weighted by atomic mass is 10.3. The maximum absolute atomic E-state index is 12.3. The Morgan fingerprint density at radius 1 is 0.967 bits per heavy atom. The van der Waals surface area contributed by atoms with Gasteiger partial charge in [-0.1, -0.05) is 30.3 Å². The molecule has 2 aromatic carbocycles. The quantitative estimate of drug-likeness (QED) is 0.525. The molecular formula is C23H20N4O3. The first-order valence-corrected chi connectivity index (χ1v) is 9.42. The van der Waals surface area contributed by atoms with E-state index in [4.69, 9.17) is 4.74 Å². The first-order valence-electron chi connectivity index (χ1n) is 9.42. The Labute approximate surface area is 173 Å². The van der Waals surface area contributed by atoms with Crippen LogP contribution >= 0.6 is 0 Å². The predicted octanol–water partition coefficient (Wildman–Crippen LogP) is 4.23. The Kier molecular flexibility index (Phi) is 5.43. The molecule has 2 heterocycles. The molecule has 0 saturated heterocycles. The number of nitrogens with zero attached hydrogens (tertiary/aromatic N) is 2. The van der Waals surface area contributed by atoms with E-state index in [0.717, 1.165) is 5.56 Å². The number of aryl methyl sites for hydroxylation is 1. The van der Waals surface area contributed by atoms with Crippen LogP contribution in [0.5, 0.6) is 5.75 Å². The Morgan fingerprint density at radius 3 is 2.57 bits per heavy atom. The molecular weight excluding hydrogens is 380 g/mol. The molecule has 7 nitrogen and oxygen atoms in total. The van der Waals surface area contributed by atoms with E-state index in [9.17, 15) is 9.59 Å². The fourth-order valence-electron chi connectivity index (χ4n) is 3.02. The summed E-state index contributed by atoms with van der Waals surface area (Å²) < 4.78 is 7.30. The van der Waals surface area contributed by atoms with E-state index in [1.807, 2.05) is 37.3 Å². The normalized spacial score (nSPS) is 10.6. The molecule has 4 rings (SSSR count). The largest absolute Gasteiger partial charge is 0.487 e. The highest BCUT2D eigenvalue weighted by Crippen LogP contribution is 2.19. The summed E-state index contributed by atoms with van der Waals surface area (Å²) >= 11 is 0. The minimum absolute atomic E-state index is 0.139. The van der Waals surface area contributed by atoms with Crippen LogP contribution in [0.3, 0.4) is 0 Å². The molecule has 0 radical (unpaired) electrons. The van der Waals surface area contributed by atoms with Gasteiger partial charge in [-0.05, 0) is 42.8 Å². The van der Waals surface area contributed by atoms with Gasteiger partial charge in [0.1, 0.15) is 18.0 Å². The van der Waals surface area contributed by atoms with E-state index in [1.165, 1.54) is 10.5 Å². The van der Waals surface area contributed by atoms with Crippen LogP contribution in [0.1, 0.15) is 11.3 Å². The molecule has 2 aromatic heterocycles. The number of ether oxygens (including phenoxy) is 1. The van der Waals surface area contributed by atoms with Crippen LogP contribution in [0, 0.1) is 6.92 Å². The molecule has 0 spiro atoms. The molecule has 7 heteroatoms. The number of carbonyl (C=O) groups excluding carboxylic acids is 1. The number of nitrogens with one attached hydrogen (secondary N) is 2. The third-order valence-electron chi connectivity index (χ3n) is 4.45. The zero-order valence-electron chi connectivity index (χ0n) is 16.3. The first kappa shape index (κ1) is 19.2. The van der Waals surface area contributed by atoms with Gasteiger partial charge in [0, 0.05) is 29.7 Å². The van der Waals surface area contributed by atoms with Crippen LogP contribution in [0.2, 0.25) is 0 Å². The van der Waals surface area contributed by atoms with Gasteiger partial charge >= 0.3 is 6.03 Å². The van der Waals surface area contributed by atoms with Gasteiger partial charge in [0.25, 0.3) is 5.56 Å². The highest BCUT2D eigenvalue weighted by molar-refractivity contribution is 5.99. The third kappa shape index (κ3) is 4.47. The molecule has 0 atom stereocenters. The summed E-state index contributed by atoms with van der Waals surface area (Å²) in [4.78, 5) is 29.0. The Bertz CT molecular complexity index is 1250. The number of anilines is 2. The van der Waals surface area contributed by atoms with Gasteiger partial charge in [-0.15, -0.1) is 0 Å². The van der Waals surface area contributed by atoms with Crippen molar-refractivity contribution >= 4 is 23.1 Å². The molecule has 2 N–H and O–H groups in total. The van der Waals surface area contributed by atoms with Crippen molar-refractivity contribution in [3.63, 3.8) is 0 Å². The molecule has 0 aliphatic rings. The van der Waals surface area contributed by atoms with Crippen molar-refractivity contribution in [1.29, 1.82) is 0 Å². The molecule has 0 saturated carbocycles. The molecule has 150 valence electrons. The van der Waals surface area contributed by atoms with Crippen LogP contribution < -0.4 is 20.9 Å². The zero-order valence-corrected chi connectivity index (χ0v) is 16.3. The van der Waals surface area contributed by atoms with Crippen molar-refractivity contribution in [3.05, 3.63) is 101 Å². The number of pyridine rings is 1. The number of aromatic nitrogens is 2. The van der Waals surface area contributed by atoms with E-state index >= 15 is 0 Å². The Hall–Kier alpha value is -4.13. The topological polar surface area (TPSA) is 84.7 Å². The van der Waals surface area contributed by atoms with Crippen LogP contribution in [-0.2, 0) is 6.61 Å². The summed E-state index contributed by atoms with van der Waals surface area (Å²) in [7, 11) is 0. The fraction of sp³-hybridized carbons (Fsp3) is 0.0870. The number of hydrogen-bond donors (Lipinski definition) is 2. The monoisotopic (exact) mass is 400 g/mol. The summed E-state index contributed by atoms with van der Waals surface area (Å²) in [5, 5.41) is 5.53. The molecule has 2 amide bonds. The van der Waals surface area contributed by atoms with E-state index in [-0.39, 0.29) is 18.2 Å². The van der Waals surface area contributed by atoms with Gasteiger partial charge in [-0.2, -0.15) is 0 Å². The van der Waals surface area contributed by atoms with Gasteiger partial charge in [-0.25, -0.2) is 9.78 Å². The van der Waals surface area contributed by atoms with Crippen LogP contribution in [0.25, 0.3) is 5.65 Å². The molecule has 0 fully saturated rings. The van der Waals surface area contributed by atoms with Gasteiger partial charge in [-0.3, -0.25) is 9.20 Å². The second kappa shape index (κ2) is 8.48. The summed E-state index contributed by atoms with van der Waals surface area (Å²) in [5.41, 5.74) is 3.18. The number of hydrogen-bond acceptors (Lipinski definition) is 4. The van der Waals surface area contributed by atoms with E-state index in [2.05, 4.69) is 15.6 Å². The summed E-state index contributed by atoms with van der Waals surface area (Å²) in [6, 6.07) is 21.0. The number of amides is 2. The molecule has 0 unspecified atom stereocenters. The second-order valence-electron chi connectivity index (χ2n) is 6.73. The van der Waals surface area contributed by atoms with Crippen LogP contribution in [-0.4, -0.2) is 15.4 Å². The highest BCUT2D eigenvalue weighted by Gasteiger charge is 2.07. The number of benzene rings is 2. The minimum Gasteiger partial charge on any atom is -0.487 e. The molecule has 0 bridgehead atoms. The van der Waals surface area contributed by atoms with Gasteiger partial charge in [0.05, 0.1) is 5.69 Å². The Morgan fingerprint density at radius 2 is 1.73 bits per heavy atom. The third-order valence-corrected chi connectivity index (χ3v) is 4.45. The second-order valence-corrected chi connectivity index (χ2v) is 6.73.